The lowest BCUT2D eigenvalue weighted by molar-refractivity contribution is 0.827. The van der Waals surface area contributed by atoms with Crippen LogP contribution in [0.1, 0.15) is 37.6 Å². The lowest BCUT2D eigenvalue weighted by atomic mass is 10.1. The van der Waals surface area contributed by atoms with Crippen LogP contribution in [0.2, 0.25) is 0 Å². The average Bonchev–Trinajstić information content (AvgIpc) is 3.15. The van der Waals surface area contributed by atoms with Crippen molar-refractivity contribution in [3.8, 4) is 0 Å². The summed E-state index contributed by atoms with van der Waals surface area (Å²) in [6.07, 6.45) is 9.21. The molecule has 156 valence electrons. The van der Waals surface area contributed by atoms with Gasteiger partial charge in [0, 0.05) is 40.7 Å². The van der Waals surface area contributed by atoms with Gasteiger partial charge in [-0.15, -0.1) is 0 Å². The fourth-order valence-corrected chi connectivity index (χ4v) is 3.72. The van der Waals surface area contributed by atoms with Gasteiger partial charge in [-0.25, -0.2) is 0 Å². The number of fused-ring (bicyclic) bond motifs is 3. The lowest BCUT2D eigenvalue weighted by Crippen LogP contribution is -1.99. The van der Waals surface area contributed by atoms with Gasteiger partial charge >= 0.3 is 0 Å². The molecule has 0 bridgehead atoms. The topological polar surface area (TPSA) is 30.2 Å². The van der Waals surface area contributed by atoms with E-state index in [1.165, 1.54) is 33.6 Å². The zero-order valence-corrected chi connectivity index (χ0v) is 18.5. The van der Waals surface area contributed by atoms with Crippen LogP contribution in [0.3, 0.4) is 0 Å². The molecule has 0 saturated heterocycles. The fourth-order valence-electron chi connectivity index (χ4n) is 3.72. The van der Waals surface area contributed by atoms with E-state index in [1.54, 1.807) is 12.3 Å². The molecule has 4 rings (SSSR count). The van der Waals surface area contributed by atoms with Crippen molar-refractivity contribution >= 4 is 39.7 Å². The van der Waals surface area contributed by atoms with Gasteiger partial charge in [0.15, 0.2) is 0 Å². The second-order valence-corrected chi connectivity index (χ2v) is 6.75. The van der Waals surface area contributed by atoms with Crippen molar-refractivity contribution < 1.29 is 0 Å². The van der Waals surface area contributed by atoms with Crippen LogP contribution in [-0.4, -0.2) is 15.3 Å². The highest BCUT2D eigenvalue weighted by atomic mass is 15.0. The highest BCUT2D eigenvalue weighted by Crippen LogP contribution is 2.30. The first-order chi connectivity index (χ1) is 15.2. The number of pyridine rings is 1. The van der Waals surface area contributed by atoms with Crippen molar-refractivity contribution in [3.63, 3.8) is 0 Å². The summed E-state index contributed by atoms with van der Waals surface area (Å²) in [6, 6.07) is 19.2. The van der Waals surface area contributed by atoms with Crippen LogP contribution in [0, 0.1) is 0 Å². The number of allylic oxidation sites excluding steroid dienone is 1. The van der Waals surface area contributed by atoms with Crippen LogP contribution in [0.5, 0.6) is 0 Å². The maximum Gasteiger partial charge on any atom is 0.0891 e. The molecule has 2 aromatic carbocycles. The number of para-hydroxylation sites is 1. The van der Waals surface area contributed by atoms with Crippen LogP contribution < -0.4 is 0 Å². The van der Waals surface area contributed by atoms with Crippen molar-refractivity contribution in [2.45, 2.75) is 27.3 Å². The molecule has 0 saturated carbocycles. The van der Waals surface area contributed by atoms with E-state index in [9.17, 15) is 0 Å². The number of aromatic nitrogens is 2. The monoisotopic (exact) mass is 407 g/mol. The Balaban J connectivity index is 0.00000132. The SMILES string of the molecule is C=CN=C(C=C)c1cc(/C=C/c2ccc3c(c2)c2ccccc2n3CC)ccn1.CC. The van der Waals surface area contributed by atoms with Crippen molar-refractivity contribution in [2.75, 3.05) is 0 Å². The van der Waals surface area contributed by atoms with Crippen LogP contribution in [0.25, 0.3) is 34.0 Å². The Morgan fingerprint density at radius 1 is 0.935 bits per heavy atom. The Morgan fingerprint density at radius 2 is 1.65 bits per heavy atom. The van der Waals surface area contributed by atoms with Crippen LogP contribution in [-0.2, 0) is 6.54 Å². The van der Waals surface area contributed by atoms with Crippen molar-refractivity contribution in [2.24, 2.45) is 4.99 Å². The lowest BCUT2D eigenvalue weighted by Gasteiger charge is -2.03. The zero-order chi connectivity index (χ0) is 22.2. The van der Waals surface area contributed by atoms with E-state index in [2.05, 4.69) is 89.2 Å². The van der Waals surface area contributed by atoms with Crippen LogP contribution >= 0.6 is 0 Å². The molecule has 0 spiro atoms. The van der Waals surface area contributed by atoms with Crippen LogP contribution in [0.4, 0.5) is 0 Å². The Labute approximate surface area is 184 Å². The van der Waals surface area contributed by atoms with Gasteiger partial charge in [0.05, 0.1) is 11.4 Å². The van der Waals surface area contributed by atoms with E-state index in [1.807, 2.05) is 26.0 Å². The van der Waals surface area contributed by atoms with Gasteiger partial charge in [0.2, 0.25) is 0 Å². The Hall–Kier alpha value is -3.72. The van der Waals surface area contributed by atoms with Crippen molar-refractivity contribution in [3.05, 3.63) is 103 Å². The second kappa shape index (κ2) is 10.4. The number of aliphatic imine (C=N–C) groups is 1. The summed E-state index contributed by atoms with van der Waals surface area (Å²) in [5, 5.41) is 2.58. The molecule has 0 atom stereocenters. The first-order valence-corrected chi connectivity index (χ1v) is 10.7. The van der Waals surface area contributed by atoms with Crippen molar-refractivity contribution in [1.29, 1.82) is 0 Å². The molecule has 0 unspecified atom stereocenters. The smallest absolute Gasteiger partial charge is 0.0891 e. The van der Waals surface area contributed by atoms with E-state index in [4.69, 9.17) is 0 Å². The van der Waals surface area contributed by atoms with Gasteiger partial charge in [-0.2, -0.15) is 0 Å². The minimum Gasteiger partial charge on any atom is -0.341 e. The molecule has 3 heteroatoms. The second-order valence-electron chi connectivity index (χ2n) is 6.75. The van der Waals surface area contributed by atoms with Gasteiger partial charge in [-0.3, -0.25) is 9.98 Å². The highest BCUT2D eigenvalue weighted by molar-refractivity contribution is 6.09. The third kappa shape index (κ3) is 4.56. The summed E-state index contributed by atoms with van der Waals surface area (Å²) < 4.78 is 2.36. The van der Waals surface area contributed by atoms with Crippen molar-refractivity contribution in [1.82, 2.24) is 9.55 Å². The molecule has 0 aliphatic heterocycles. The molecule has 0 aliphatic rings. The first kappa shape index (κ1) is 22.0. The molecule has 0 amide bonds. The number of rotatable bonds is 6. The summed E-state index contributed by atoms with van der Waals surface area (Å²) in [5.41, 5.74) is 6.27. The summed E-state index contributed by atoms with van der Waals surface area (Å²) in [7, 11) is 0. The van der Waals surface area contributed by atoms with Gasteiger partial charge in [0.1, 0.15) is 0 Å². The summed E-state index contributed by atoms with van der Waals surface area (Å²) >= 11 is 0. The van der Waals surface area contributed by atoms with Gasteiger partial charge in [-0.1, -0.05) is 63.4 Å². The molecule has 2 heterocycles. The molecule has 0 N–H and O–H groups in total. The van der Waals surface area contributed by atoms with Gasteiger partial charge in [-0.05, 0) is 54.5 Å². The first-order valence-electron chi connectivity index (χ1n) is 10.7. The van der Waals surface area contributed by atoms with E-state index in [0.29, 0.717) is 5.71 Å². The summed E-state index contributed by atoms with van der Waals surface area (Å²) in [6.45, 7) is 14.6. The van der Waals surface area contributed by atoms with E-state index < -0.39 is 0 Å². The third-order valence-corrected chi connectivity index (χ3v) is 5.05. The maximum absolute atomic E-state index is 4.38. The summed E-state index contributed by atoms with van der Waals surface area (Å²) in [5.74, 6) is 0. The number of benzene rings is 2. The molecule has 2 aromatic heterocycles. The number of nitrogens with zero attached hydrogens (tertiary/aromatic N) is 3. The standard InChI is InChI=1S/C26H23N3.C2H6/c1-4-23(27-5-2)24-18-20(15-16-28-24)12-11-19-13-14-26-22(17-19)21-9-7-8-10-25(21)29(26)6-3;1-2/h4-5,7-18H,1-2,6H2,3H3;1-2H3/b12-11+,27-23?;. The average molecular weight is 408 g/mol. The Morgan fingerprint density at radius 3 is 2.35 bits per heavy atom. The van der Waals surface area contributed by atoms with E-state index in [0.717, 1.165) is 17.8 Å². The third-order valence-electron chi connectivity index (χ3n) is 5.05. The molecule has 3 nitrogen and oxygen atoms in total. The van der Waals surface area contributed by atoms with E-state index in [-0.39, 0.29) is 0 Å². The highest BCUT2D eigenvalue weighted by Gasteiger charge is 2.09. The largest absolute Gasteiger partial charge is 0.341 e. The van der Waals surface area contributed by atoms with Gasteiger partial charge < -0.3 is 4.57 Å². The summed E-state index contributed by atoms with van der Waals surface area (Å²) in [4.78, 5) is 8.60. The number of aryl methyl sites for hydroxylation is 1. The number of hydrogen-bond donors (Lipinski definition) is 0. The number of hydrogen-bond acceptors (Lipinski definition) is 2. The van der Waals surface area contributed by atoms with E-state index >= 15 is 0 Å². The molecule has 31 heavy (non-hydrogen) atoms. The predicted octanol–water partition coefficient (Wildman–Crippen LogP) is 7.52. The fraction of sp³-hybridized carbons (Fsp3) is 0.143. The molecular formula is C28H29N3. The molecule has 0 radical (unpaired) electrons. The quantitative estimate of drug-likeness (QED) is 0.304. The molecular weight excluding hydrogens is 378 g/mol. The minimum atomic E-state index is 0.712. The predicted molar refractivity (Wildman–Crippen MR) is 137 cm³/mol. The Bertz CT molecular complexity index is 1270. The molecule has 0 aliphatic carbocycles. The van der Waals surface area contributed by atoms with Gasteiger partial charge in [0.25, 0.3) is 0 Å². The molecule has 4 aromatic rings. The van der Waals surface area contributed by atoms with Crippen LogP contribution in [0.15, 0.2) is 91.2 Å². The Kier molecular flexibility index (Phi) is 7.34. The maximum atomic E-state index is 4.38. The zero-order valence-electron chi connectivity index (χ0n) is 18.5. The minimum absolute atomic E-state index is 0.712. The molecule has 0 fully saturated rings. The normalized spacial score (nSPS) is 11.5.